The molecule has 0 aromatic heterocycles. The van der Waals surface area contributed by atoms with Crippen LogP contribution in [0, 0.1) is 0 Å². The lowest BCUT2D eigenvalue weighted by Gasteiger charge is -2.11. The Kier molecular flexibility index (Phi) is 7.21. The van der Waals surface area contributed by atoms with Crippen molar-refractivity contribution in [1.82, 2.24) is 0 Å². The average Bonchev–Trinajstić information content (AvgIpc) is 2.70. The molecule has 0 unspecified atom stereocenters. The molecule has 28 heavy (non-hydrogen) atoms. The molecule has 0 spiro atoms. The van der Waals surface area contributed by atoms with E-state index in [1.54, 1.807) is 30.3 Å². The van der Waals surface area contributed by atoms with Gasteiger partial charge >= 0.3 is 5.97 Å². The monoisotopic (exact) mass is 388 g/mol. The van der Waals surface area contributed by atoms with Gasteiger partial charge in [0.05, 0.1) is 19.8 Å². The van der Waals surface area contributed by atoms with Crippen LogP contribution in [0.5, 0.6) is 17.2 Å². The summed E-state index contributed by atoms with van der Waals surface area (Å²) in [4.78, 5) is 35.0. The van der Waals surface area contributed by atoms with Crippen molar-refractivity contribution in [1.29, 1.82) is 0 Å². The molecule has 0 aliphatic heterocycles. The second kappa shape index (κ2) is 9.81. The van der Waals surface area contributed by atoms with E-state index in [0.29, 0.717) is 17.2 Å². The van der Waals surface area contributed by atoms with Crippen LogP contribution >= 0.6 is 0 Å². The Hall–Kier alpha value is -3.75. The maximum Gasteiger partial charge on any atom is 0.344 e. The van der Waals surface area contributed by atoms with Crippen LogP contribution in [0.25, 0.3) is 0 Å². The van der Waals surface area contributed by atoms with E-state index in [2.05, 4.69) is 5.32 Å². The highest BCUT2D eigenvalue weighted by atomic mass is 16.6. The van der Waals surface area contributed by atoms with Crippen molar-refractivity contribution < 1.29 is 33.3 Å². The minimum absolute atomic E-state index is 0.140. The van der Waals surface area contributed by atoms with Crippen LogP contribution in [-0.4, -0.2) is 45.2 Å². The van der Waals surface area contributed by atoms with Crippen LogP contribution in [-0.2, 0) is 14.3 Å². The predicted octanol–water partition coefficient (Wildman–Crippen LogP) is 1.36. The van der Waals surface area contributed by atoms with Crippen LogP contribution < -0.4 is 25.3 Å². The Morgan fingerprint density at radius 1 is 0.929 bits per heavy atom. The molecule has 3 N–H and O–H groups in total. The summed E-state index contributed by atoms with van der Waals surface area (Å²) < 4.78 is 20.3. The molecule has 0 bridgehead atoms. The third-order valence-corrected chi connectivity index (χ3v) is 3.53. The number of nitrogens with one attached hydrogen (secondary N) is 1. The minimum Gasteiger partial charge on any atom is -0.493 e. The summed E-state index contributed by atoms with van der Waals surface area (Å²) in [5.74, 6) is -0.890. The van der Waals surface area contributed by atoms with Crippen LogP contribution in [0.15, 0.2) is 42.5 Å². The number of carbonyl (C=O) groups excluding carboxylic acids is 3. The number of primary amides is 1. The Balaban J connectivity index is 1.83. The highest BCUT2D eigenvalue weighted by molar-refractivity contribution is 5.95. The number of methoxy groups -OCH3 is 2. The highest BCUT2D eigenvalue weighted by Gasteiger charge is 2.13. The van der Waals surface area contributed by atoms with Gasteiger partial charge in [-0.05, 0) is 24.3 Å². The van der Waals surface area contributed by atoms with E-state index in [1.165, 1.54) is 26.4 Å². The fourth-order valence-electron chi connectivity index (χ4n) is 2.23. The van der Waals surface area contributed by atoms with E-state index >= 15 is 0 Å². The summed E-state index contributed by atoms with van der Waals surface area (Å²) in [6, 6.07) is 11.0. The summed E-state index contributed by atoms with van der Waals surface area (Å²) in [6.07, 6.45) is 0. The standard InChI is InChI=1S/C19H20N2O7/c1-25-15-8-7-12(9-16(15)26-2)21-17(22)10-28-18(23)11-27-14-6-4-3-5-13(14)19(20)24/h3-9H,10-11H2,1-2H3,(H2,20,24)(H,21,22). The lowest BCUT2D eigenvalue weighted by Crippen LogP contribution is -2.24. The first-order valence-electron chi connectivity index (χ1n) is 8.13. The normalized spacial score (nSPS) is 9.93. The van der Waals surface area contributed by atoms with Crippen molar-refractivity contribution in [3.8, 4) is 17.2 Å². The number of ether oxygens (including phenoxy) is 4. The van der Waals surface area contributed by atoms with Gasteiger partial charge in [0.1, 0.15) is 5.75 Å². The Morgan fingerprint density at radius 2 is 1.64 bits per heavy atom. The second-order valence-electron chi connectivity index (χ2n) is 5.43. The molecular formula is C19H20N2O7. The van der Waals surface area contributed by atoms with E-state index in [9.17, 15) is 14.4 Å². The lowest BCUT2D eigenvalue weighted by atomic mass is 10.2. The number of para-hydroxylation sites is 1. The van der Waals surface area contributed by atoms with Gasteiger partial charge in [-0.3, -0.25) is 9.59 Å². The molecule has 0 heterocycles. The van der Waals surface area contributed by atoms with Gasteiger partial charge in [0.25, 0.3) is 11.8 Å². The van der Waals surface area contributed by atoms with Gasteiger partial charge in [0.2, 0.25) is 0 Å². The fraction of sp³-hybridized carbons (Fsp3) is 0.211. The smallest absolute Gasteiger partial charge is 0.344 e. The third kappa shape index (κ3) is 5.63. The molecule has 0 aliphatic rings. The van der Waals surface area contributed by atoms with Crippen molar-refractivity contribution in [2.75, 3.05) is 32.8 Å². The molecule has 0 aliphatic carbocycles. The molecule has 2 aromatic rings. The lowest BCUT2D eigenvalue weighted by molar-refractivity contribution is -0.149. The molecule has 0 saturated heterocycles. The number of amides is 2. The average molecular weight is 388 g/mol. The van der Waals surface area contributed by atoms with Gasteiger partial charge in [0, 0.05) is 11.8 Å². The molecule has 9 nitrogen and oxygen atoms in total. The van der Waals surface area contributed by atoms with Crippen LogP contribution in [0.4, 0.5) is 5.69 Å². The molecular weight excluding hydrogens is 368 g/mol. The molecule has 9 heteroatoms. The van der Waals surface area contributed by atoms with Crippen molar-refractivity contribution >= 4 is 23.5 Å². The molecule has 2 rings (SSSR count). The number of anilines is 1. The van der Waals surface area contributed by atoms with E-state index < -0.39 is 31.0 Å². The third-order valence-electron chi connectivity index (χ3n) is 3.53. The number of rotatable bonds is 9. The van der Waals surface area contributed by atoms with E-state index in [1.807, 2.05) is 0 Å². The van der Waals surface area contributed by atoms with Crippen LogP contribution in [0.2, 0.25) is 0 Å². The first kappa shape index (κ1) is 20.6. The maximum absolute atomic E-state index is 11.9. The van der Waals surface area contributed by atoms with Crippen molar-refractivity contribution in [2.45, 2.75) is 0 Å². The topological polar surface area (TPSA) is 126 Å². The zero-order chi connectivity index (χ0) is 20.5. The van der Waals surface area contributed by atoms with Gasteiger partial charge < -0.3 is 30.0 Å². The molecule has 148 valence electrons. The number of esters is 1. The number of hydrogen-bond acceptors (Lipinski definition) is 7. The summed E-state index contributed by atoms with van der Waals surface area (Å²) in [6.45, 7) is -0.984. The van der Waals surface area contributed by atoms with Crippen molar-refractivity contribution in [3.63, 3.8) is 0 Å². The fourth-order valence-corrected chi connectivity index (χ4v) is 2.23. The number of nitrogens with two attached hydrogens (primary N) is 1. The van der Waals surface area contributed by atoms with E-state index in [0.717, 1.165) is 0 Å². The van der Waals surface area contributed by atoms with Crippen molar-refractivity contribution in [3.05, 3.63) is 48.0 Å². The first-order chi connectivity index (χ1) is 13.4. The molecule has 0 atom stereocenters. The van der Waals surface area contributed by atoms with Gasteiger partial charge in [-0.15, -0.1) is 0 Å². The number of benzene rings is 2. The molecule has 2 amide bonds. The van der Waals surface area contributed by atoms with Crippen LogP contribution in [0.3, 0.4) is 0 Å². The Bertz CT molecular complexity index is 867. The quantitative estimate of drug-likeness (QED) is 0.621. The van der Waals surface area contributed by atoms with Gasteiger partial charge in [-0.25, -0.2) is 4.79 Å². The minimum atomic E-state index is -0.776. The van der Waals surface area contributed by atoms with Crippen molar-refractivity contribution in [2.24, 2.45) is 5.73 Å². The Morgan fingerprint density at radius 3 is 2.32 bits per heavy atom. The zero-order valence-electron chi connectivity index (χ0n) is 15.4. The van der Waals surface area contributed by atoms with E-state index in [-0.39, 0.29) is 11.3 Å². The summed E-state index contributed by atoms with van der Waals surface area (Å²) in [5, 5.41) is 2.57. The zero-order valence-corrected chi connectivity index (χ0v) is 15.4. The van der Waals surface area contributed by atoms with Gasteiger partial charge in [0.15, 0.2) is 24.7 Å². The summed E-state index contributed by atoms with van der Waals surface area (Å²) in [7, 11) is 2.97. The van der Waals surface area contributed by atoms with Gasteiger partial charge in [-0.2, -0.15) is 0 Å². The van der Waals surface area contributed by atoms with Gasteiger partial charge in [-0.1, -0.05) is 12.1 Å². The SMILES string of the molecule is COc1ccc(NC(=O)COC(=O)COc2ccccc2C(N)=O)cc1OC. The Labute approximate surface area is 161 Å². The molecule has 2 aromatic carbocycles. The summed E-state index contributed by atoms with van der Waals surface area (Å²) in [5.41, 5.74) is 5.82. The number of hydrogen-bond donors (Lipinski definition) is 2. The molecule has 0 saturated carbocycles. The highest BCUT2D eigenvalue weighted by Crippen LogP contribution is 2.29. The largest absolute Gasteiger partial charge is 0.493 e. The molecule has 0 fully saturated rings. The second-order valence-corrected chi connectivity index (χ2v) is 5.43. The summed E-state index contributed by atoms with van der Waals surface area (Å²) >= 11 is 0. The van der Waals surface area contributed by atoms with E-state index in [4.69, 9.17) is 24.7 Å². The maximum atomic E-state index is 11.9. The number of carbonyl (C=O) groups is 3. The predicted molar refractivity (Wildman–Crippen MR) is 99.6 cm³/mol. The first-order valence-corrected chi connectivity index (χ1v) is 8.13. The van der Waals surface area contributed by atoms with Crippen LogP contribution in [0.1, 0.15) is 10.4 Å². The molecule has 0 radical (unpaired) electrons.